The topological polar surface area (TPSA) is 143 Å². The number of carbonyl (C=O) groups excluding carboxylic acids is 1. The van der Waals surface area contributed by atoms with E-state index in [0.717, 1.165) is 5.56 Å². The molecule has 2 aliphatic rings. The van der Waals surface area contributed by atoms with E-state index in [2.05, 4.69) is 4.98 Å². The highest BCUT2D eigenvalue weighted by molar-refractivity contribution is 7.89. The van der Waals surface area contributed by atoms with Crippen LogP contribution in [-0.4, -0.2) is 85.2 Å². The van der Waals surface area contributed by atoms with Crippen molar-refractivity contribution < 1.29 is 41.0 Å². The van der Waals surface area contributed by atoms with Gasteiger partial charge in [-0.2, -0.15) is 17.5 Å². The monoisotopic (exact) mass is 558 g/mol. The maximum absolute atomic E-state index is 13.5. The highest BCUT2D eigenvalue weighted by Gasteiger charge is 2.40. The number of halogens is 3. The molecule has 10 nitrogen and oxygen atoms in total. The molecule has 14 heteroatoms. The van der Waals surface area contributed by atoms with Gasteiger partial charge in [-0.05, 0) is 30.0 Å². The maximum atomic E-state index is 13.5. The Bertz CT molecular complexity index is 1210. The standard InChI is InChI=1S/C22H28N4O4S.C2HF3O2/c23-14-20-7-4-8-21(24-20)31(28,29)26-15-18(17-5-2-1-3-6-17)13-19(16-26)22(27)25-9-11-30-12-10-25;3-2(4,5)1(6)7/h1-8,18-19H,9-16,23H2;(H,6,7)/t18-,19-;/m0./s1. The van der Waals surface area contributed by atoms with Crippen molar-refractivity contribution in [3.63, 3.8) is 0 Å². The molecule has 0 bridgehead atoms. The number of ether oxygens (including phenoxy) is 1. The molecule has 38 heavy (non-hydrogen) atoms. The van der Waals surface area contributed by atoms with Gasteiger partial charge in [0.2, 0.25) is 5.91 Å². The van der Waals surface area contributed by atoms with Crippen molar-refractivity contribution in [2.45, 2.75) is 30.1 Å². The van der Waals surface area contributed by atoms with Crippen molar-refractivity contribution in [1.29, 1.82) is 0 Å². The quantitative estimate of drug-likeness (QED) is 0.566. The molecular formula is C24H29F3N4O6S. The number of carboxylic acid groups (broad SMARTS) is 1. The SMILES string of the molecule is NCc1cccc(S(=O)(=O)N2C[C@@H](C(=O)N3CCOCC3)C[C@H](c3ccccc3)C2)n1.O=C(O)C(F)(F)F. The summed E-state index contributed by atoms with van der Waals surface area (Å²) in [6.07, 6.45) is -4.47. The predicted molar refractivity (Wildman–Crippen MR) is 129 cm³/mol. The van der Waals surface area contributed by atoms with Gasteiger partial charge in [-0.25, -0.2) is 18.2 Å². The Kier molecular flexibility index (Phi) is 9.82. The number of piperidine rings is 1. The fraction of sp³-hybridized carbons (Fsp3) is 0.458. The van der Waals surface area contributed by atoms with Crippen LogP contribution in [0.4, 0.5) is 13.2 Å². The first-order valence-electron chi connectivity index (χ1n) is 11.8. The van der Waals surface area contributed by atoms with Crippen LogP contribution >= 0.6 is 0 Å². The van der Waals surface area contributed by atoms with Gasteiger partial charge in [0.1, 0.15) is 0 Å². The van der Waals surface area contributed by atoms with Gasteiger partial charge in [0.15, 0.2) is 5.03 Å². The Morgan fingerprint density at radius 1 is 1.05 bits per heavy atom. The van der Waals surface area contributed by atoms with Crippen LogP contribution < -0.4 is 5.73 Å². The number of alkyl halides is 3. The van der Waals surface area contributed by atoms with E-state index in [9.17, 15) is 26.4 Å². The molecule has 1 amide bonds. The summed E-state index contributed by atoms with van der Waals surface area (Å²) in [6, 6.07) is 14.6. The molecule has 1 aromatic carbocycles. The number of morpholine rings is 1. The van der Waals surface area contributed by atoms with Gasteiger partial charge >= 0.3 is 12.1 Å². The van der Waals surface area contributed by atoms with E-state index in [1.165, 1.54) is 10.4 Å². The number of pyridine rings is 1. The third-order valence-corrected chi connectivity index (χ3v) is 7.93. The summed E-state index contributed by atoms with van der Waals surface area (Å²) in [7, 11) is -3.86. The minimum Gasteiger partial charge on any atom is -0.475 e. The molecule has 2 saturated heterocycles. The van der Waals surface area contributed by atoms with Crippen LogP contribution in [0.1, 0.15) is 23.6 Å². The summed E-state index contributed by atoms with van der Waals surface area (Å²) in [5.74, 6) is -3.25. The normalized spacial score (nSPS) is 20.8. The Morgan fingerprint density at radius 3 is 2.26 bits per heavy atom. The first-order chi connectivity index (χ1) is 17.9. The number of nitrogens with zero attached hydrogens (tertiary/aromatic N) is 3. The van der Waals surface area contributed by atoms with Gasteiger partial charge in [0, 0.05) is 32.7 Å². The van der Waals surface area contributed by atoms with Gasteiger partial charge in [-0.1, -0.05) is 36.4 Å². The molecule has 208 valence electrons. The number of nitrogens with two attached hydrogens (primary N) is 1. The summed E-state index contributed by atoms with van der Waals surface area (Å²) >= 11 is 0. The van der Waals surface area contributed by atoms with Crippen LogP contribution in [-0.2, 0) is 30.9 Å². The van der Waals surface area contributed by atoms with Gasteiger partial charge < -0.3 is 20.5 Å². The maximum Gasteiger partial charge on any atom is 0.490 e. The van der Waals surface area contributed by atoms with Crippen LogP contribution in [0.2, 0.25) is 0 Å². The third-order valence-electron chi connectivity index (χ3n) is 6.20. The number of hydrogen-bond acceptors (Lipinski definition) is 7. The number of carbonyl (C=O) groups is 2. The summed E-state index contributed by atoms with van der Waals surface area (Å²) < 4.78 is 65.4. The summed E-state index contributed by atoms with van der Waals surface area (Å²) in [5.41, 5.74) is 7.20. The number of aromatic nitrogens is 1. The Labute approximate surface area is 218 Å². The fourth-order valence-electron chi connectivity index (χ4n) is 4.29. The number of amides is 1. The van der Waals surface area contributed by atoms with Gasteiger partial charge in [0.25, 0.3) is 10.0 Å². The average molecular weight is 559 g/mol. The van der Waals surface area contributed by atoms with Gasteiger partial charge in [-0.3, -0.25) is 4.79 Å². The number of carboxylic acids is 1. The summed E-state index contributed by atoms with van der Waals surface area (Å²) in [6.45, 7) is 2.73. The first-order valence-corrected chi connectivity index (χ1v) is 13.2. The largest absolute Gasteiger partial charge is 0.490 e. The molecule has 2 fully saturated rings. The minimum atomic E-state index is -5.08. The second-order valence-corrected chi connectivity index (χ2v) is 10.7. The number of aliphatic carboxylic acids is 1. The van der Waals surface area contributed by atoms with E-state index in [1.54, 1.807) is 17.0 Å². The molecule has 2 aliphatic heterocycles. The fourth-order valence-corrected chi connectivity index (χ4v) is 5.79. The molecule has 3 heterocycles. The minimum absolute atomic E-state index is 0.00667. The van der Waals surface area contributed by atoms with Crippen molar-refractivity contribution in [2.24, 2.45) is 11.7 Å². The van der Waals surface area contributed by atoms with Crippen molar-refractivity contribution in [2.75, 3.05) is 39.4 Å². The van der Waals surface area contributed by atoms with E-state index < -0.39 is 28.1 Å². The molecule has 1 aromatic heterocycles. The Balaban J connectivity index is 0.000000505. The Hall–Kier alpha value is -3.07. The van der Waals surface area contributed by atoms with Gasteiger partial charge in [0.05, 0.1) is 24.8 Å². The van der Waals surface area contributed by atoms with Crippen LogP contribution in [0.25, 0.3) is 0 Å². The lowest BCUT2D eigenvalue weighted by atomic mass is 9.85. The molecule has 0 unspecified atom stereocenters. The van der Waals surface area contributed by atoms with E-state index >= 15 is 0 Å². The second kappa shape index (κ2) is 12.7. The lowest BCUT2D eigenvalue weighted by Crippen LogP contribution is -2.51. The zero-order valence-electron chi connectivity index (χ0n) is 20.4. The molecule has 3 N–H and O–H groups in total. The van der Waals surface area contributed by atoms with E-state index in [1.807, 2.05) is 30.3 Å². The lowest BCUT2D eigenvalue weighted by molar-refractivity contribution is -0.192. The van der Waals surface area contributed by atoms with Crippen LogP contribution in [0, 0.1) is 5.92 Å². The van der Waals surface area contributed by atoms with Crippen molar-refractivity contribution >= 4 is 21.9 Å². The lowest BCUT2D eigenvalue weighted by Gasteiger charge is -2.39. The number of hydrogen-bond donors (Lipinski definition) is 2. The zero-order valence-corrected chi connectivity index (χ0v) is 21.2. The summed E-state index contributed by atoms with van der Waals surface area (Å²) in [5, 5.41) is 7.10. The van der Waals surface area contributed by atoms with Crippen molar-refractivity contribution in [3.8, 4) is 0 Å². The molecular weight excluding hydrogens is 529 g/mol. The van der Waals surface area contributed by atoms with E-state index in [-0.39, 0.29) is 29.9 Å². The molecule has 2 atom stereocenters. The van der Waals surface area contributed by atoms with E-state index in [0.29, 0.717) is 45.0 Å². The third kappa shape index (κ3) is 7.49. The molecule has 0 saturated carbocycles. The molecule has 0 aliphatic carbocycles. The molecule has 0 spiro atoms. The Morgan fingerprint density at radius 2 is 1.68 bits per heavy atom. The highest BCUT2D eigenvalue weighted by atomic mass is 32.2. The highest BCUT2D eigenvalue weighted by Crippen LogP contribution is 2.34. The van der Waals surface area contributed by atoms with Crippen molar-refractivity contribution in [1.82, 2.24) is 14.2 Å². The smallest absolute Gasteiger partial charge is 0.475 e. The average Bonchev–Trinajstić information content (AvgIpc) is 2.93. The number of rotatable bonds is 5. The van der Waals surface area contributed by atoms with E-state index in [4.69, 9.17) is 20.4 Å². The van der Waals surface area contributed by atoms with Crippen LogP contribution in [0.5, 0.6) is 0 Å². The van der Waals surface area contributed by atoms with Crippen molar-refractivity contribution in [3.05, 3.63) is 59.8 Å². The molecule has 4 rings (SSSR count). The summed E-state index contributed by atoms with van der Waals surface area (Å²) in [4.78, 5) is 28.2. The molecule has 2 aromatic rings. The number of benzene rings is 1. The zero-order chi connectivity index (χ0) is 27.9. The van der Waals surface area contributed by atoms with Crippen LogP contribution in [0.15, 0.2) is 53.6 Å². The predicted octanol–water partition coefficient (Wildman–Crippen LogP) is 1.83. The second-order valence-electron chi connectivity index (χ2n) is 8.77. The first kappa shape index (κ1) is 29.5. The number of sulfonamides is 1. The van der Waals surface area contributed by atoms with Crippen LogP contribution in [0.3, 0.4) is 0 Å². The molecule has 0 radical (unpaired) electrons. The van der Waals surface area contributed by atoms with Gasteiger partial charge in [-0.15, -0.1) is 0 Å².